The van der Waals surface area contributed by atoms with E-state index < -0.39 is 22.0 Å². The van der Waals surface area contributed by atoms with E-state index in [1.54, 1.807) is 0 Å². The summed E-state index contributed by atoms with van der Waals surface area (Å²) in [7, 11) is 0. The topological polar surface area (TPSA) is 0 Å². The second-order valence-electron chi connectivity index (χ2n) is 0.214. The molecule has 0 aliphatic carbocycles. The zero-order chi connectivity index (χ0) is 3.58. The molecule has 0 unspecified atom stereocenters. The first kappa shape index (κ1) is 4.61. The molecule has 0 spiro atoms. The number of hydrogen-bond acceptors (Lipinski definition) is 0. The summed E-state index contributed by atoms with van der Waals surface area (Å²) >= 11 is -5.04. The average molecular weight is 180 g/mol. The maximum absolute atomic E-state index is 9.86. The van der Waals surface area contributed by atoms with E-state index in [4.69, 9.17) is 0 Å². The van der Waals surface area contributed by atoms with Gasteiger partial charge in [0.1, 0.15) is 0 Å². The number of hydrogen-bond donors (Lipinski definition) is 0. The molecule has 0 nitrogen and oxygen atoms in total. The molecule has 0 fully saturated rings. The summed E-state index contributed by atoms with van der Waals surface area (Å²) in [4.78, 5) is 0. The molecule has 0 aromatic carbocycles. The van der Waals surface area contributed by atoms with Crippen molar-refractivity contribution in [2.75, 3.05) is 0 Å². The molecule has 0 saturated carbocycles. The van der Waals surface area contributed by atoms with Gasteiger partial charge >= 0.3 is 30.4 Å². The van der Waals surface area contributed by atoms with Crippen molar-refractivity contribution < 1.29 is 8.44 Å². The van der Waals surface area contributed by atoms with Crippen molar-refractivity contribution in [2.24, 2.45) is 0 Å². The summed E-state index contributed by atoms with van der Waals surface area (Å²) in [5.41, 5.74) is 0. The predicted molar refractivity (Wildman–Crippen MR) is 10.5 cm³/mol. The average Bonchev–Trinajstić information content (AvgIpc) is 0.811. The van der Waals surface area contributed by atoms with Crippen LogP contribution in [0, 0.1) is 0 Å². The van der Waals surface area contributed by atoms with Crippen LogP contribution in [-0.2, 0) is 0 Å². The summed E-state index contributed by atoms with van der Waals surface area (Å²) in [5.74, 6) is 0. The van der Waals surface area contributed by atoms with Gasteiger partial charge in [-0.25, -0.2) is 0 Å². The van der Waals surface area contributed by atoms with Crippen LogP contribution in [0.25, 0.3) is 0 Å². The van der Waals surface area contributed by atoms with Crippen LogP contribution in [0.1, 0.15) is 0 Å². The van der Waals surface area contributed by atoms with Crippen LogP contribution in [0.5, 0.6) is 0 Å². The Kier molecular flexibility index (Phi) is 2.17. The molecule has 1 radical (unpaired) electrons. The molecule has 0 aromatic rings. The van der Waals surface area contributed by atoms with Crippen molar-refractivity contribution in [3.63, 3.8) is 0 Å². The molecule has 0 heterocycles. The minimum absolute atomic E-state index is 5.04. The molecule has 4 heavy (non-hydrogen) atoms. The molecular formula is HF3Sb. The van der Waals surface area contributed by atoms with Crippen molar-refractivity contribution in [3.05, 3.63) is 0 Å². The molecule has 0 aliphatic heterocycles. The van der Waals surface area contributed by atoms with Crippen LogP contribution >= 0.6 is 0 Å². The van der Waals surface area contributed by atoms with Crippen LogP contribution in [0.3, 0.4) is 0 Å². The van der Waals surface area contributed by atoms with Gasteiger partial charge in [-0.3, -0.25) is 0 Å². The van der Waals surface area contributed by atoms with E-state index in [1.807, 2.05) is 0 Å². The van der Waals surface area contributed by atoms with E-state index in [-0.39, 0.29) is 0 Å². The third-order valence-electron chi connectivity index (χ3n) is 0. The van der Waals surface area contributed by atoms with Crippen LogP contribution in [-0.4, -0.2) is 22.0 Å². The number of halogens is 3. The van der Waals surface area contributed by atoms with Crippen molar-refractivity contribution in [2.45, 2.75) is 0 Å². The summed E-state index contributed by atoms with van der Waals surface area (Å²) in [6.45, 7) is 0. The van der Waals surface area contributed by atoms with E-state index in [9.17, 15) is 8.44 Å². The fourth-order valence-electron chi connectivity index (χ4n) is 0. The fraction of sp³-hybridized carbons (Fsp3) is 0. The maximum atomic E-state index is 9.86. The first-order valence-electron chi connectivity index (χ1n) is 0.567. The SMILES string of the molecule is [F][SbH]([F])[F]. The summed E-state index contributed by atoms with van der Waals surface area (Å²) in [5, 5.41) is 0. The van der Waals surface area contributed by atoms with Crippen molar-refractivity contribution >= 4 is 22.0 Å². The second-order valence-corrected chi connectivity index (χ2v) is 1.44. The van der Waals surface area contributed by atoms with Crippen LogP contribution in [0.4, 0.5) is 8.44 Å². The quantitative estimate of drug-likeness (QED) is 0.479. The van der Waals surface area contributed by atoms with Crippen LogP contribution in [0.15, 0.2) is 0 Å². The Morgan fingerprint density at radius 1 is 1.00 bits per heavy atom. The van der Waals surface area contributed by atoms with Gasteiger partial charge in [-0.15, -0.1) is 0 Å². The van der Waals surface area contributed by atoms with E-state index >= 15 is 0 Å². The monoisotopic (exact) mass is 179 g/mol. The van der Waals surface area contributed by atoms with Crippen molar-refractivity contribution in [1.29, 1.82) is 0 Å². The minimum atomic E-state index is -5.04. The fourth-order valence-corrected chi connectivity index (χ4v) is 0. The molecule has 0 N–H and O–H groups in total. The third kappa shape index (κ3) is 18.2. The van der Waals surface area contributed by atoms with Gasteiger partial charge in [0.25, 0.3) is 0 Å². The molecule has 27 valence electrons. The molecule has 0 bridgehead atoms. The van der Waals surface area contributed by atoms with Crippen LogP contribution in [0.2, 0.25) is 0 Å². The van der Waals surface area contributed by atoms with Gasteiger partial charge in [-0.2, -0.15) is 0 Å². The van der Waals surface area contributed by atoms with Crippen molar-refractivity contribution in [3.8, 4) is 0 Å². The predicted octanol–water partition coefficient (Wildman–Crippen LogP) is 0.612. The summed E-state index contributed by atoms with van der Waals surface area (Å²) < 4.78 is 29.6. The summed E-state index contributed by atoms with van der Waals surface area (Å²) in [6.07, 6.45) is 0. The Labute approximate surface area is 31.0 Å². The number of rotatable bonds is 0. The standard InChI is InChI=1S/3FH.Sb.H/h3*1H;;/q;;;+3;/p-3. The van der Waals surface area contributed by atoms with E-state index in [0.29, 0.717) is 0 Å². The van der Waals surface area contributed by atoms with Gasteiger partial charge < -0.3 is 0 Å². The Morgan fingerprint density at radius 3 is 1.00 bits per heavy atom. The Bertz CT molecular complexity index is 8.00. The van der Waals surface area contributed by atoms with E-state index in [0.717, 1.165) is 0 Å². The Balaban J connectivity index is 2.32. The normalized spacial score (nSPS) is 9.00. The molecule has 0 aromatic heterocycles. The second kappa shape index (κ2) is 1.89. The van der Waals surface area contributed by atoms with Crippen molar-refractivity contribution in [1.82, 2.24) is 0 Å². The molecule has 0 saturated heterocycles. The molecule has 0 atom stereocenters. The molecular weight excluding hydrogens is 179 g/mol. The van der Waals surface area contributed by atoms with E-state index in [1.165, 1.54) is 0 Å². The van der Waals surface area contributed by atoms with Gasteiger partial charge in [0.15, 0.2) is 0 Å². The Morgan fingerprint density at radius 2 is 1.00 bits per heavy atom. The first-order valence-corrected chi connectivity index (χ1v) is 3.80. The zero-order valence-electron chi connectivity index (χ0n) is 1.63. The van der Waals surface area contributed by atoms with Gasteiger partial charge in [-0.1, -0.05) is 0 Å². The third-order valence-corrected chi connectivity index (χ3v) is 0. The summed E-state index contributed by atoms with van der Waals surface area (Å²) in [6, 6.07) is 0. The Hall–Kier alpha value is 0.608. The van der Waals surface area contributed by atoms with Gasteiger partial charge in [0.05, 0.1) is 0 Å². The van der Waals surface area contributed by atoms with Crippen LogP contribution < -0.4 is 0 Å². The molecule has 4 heteroatoms. The molecule has 0 rings (SSSR count). The van der Waals surface area contributed by atoms with Gasteiger partial charge in [0.2, 0.25) is 0 Å². The van der Waals surface area contributed by atoms with Gasteiger partial charge in [0, 0.05) is 0 Å². The zero-order valence-corrected chi connectivity index (χ0v) is 4.49. The first-order chi connectivity index (χ1) is 1.73. The van der Waals surface area contributed by atoms with Gasteiger partial charge in [-0.05, 0) is 0 Å². The molecule has 0 amide bonds. The van der Waals surface area contributed by atoms with E-state index in [2.05, 4.69) is 0 Å². The molecule has 0 aliphatic rings.